The summed E-state index contributed by atoms with van der Waals surface area (Å²) < 4.78 is 0. The molecule has 13 heavy (non-hydrogen) atoms. The van der Waals surface area contributed by atoms with E-state index >= 15 is 0 Å². The molecule has 0 aliphatic rings. The highest BCUT2D eigenvalue weighted by Gasteiger charge is 2.09. The van der Waals surface area contributed by atoms with Crippen LogP contribution < -0.4 is 10.6 Å². The number of hydrogen-bond donors (Lipinski definition) is 2. The minimum atomic E-state index is 0.455. The SMILES string of the molecule is CNCC(CNC)c1ccccn1. The van der Waals surface area contributed by atoms with Gasteiger partial charge in [-0.15, -0.1) is 0 Å². The van der Waals surface area contributed by atoms with Gasteiger partial charge in [0.15, 0.2) is 0 Å². The van der Waals surface area contributed by atoms with Gasteiger partial charge < -0.3 is 10.6 Å². The maximum Gasteiger partial charge on any atom is 0.0459 e. The molecule has 1 heterocycles. The zero-order valence-corrected chi connectivity index (χ0v) is 8.25. The van der Waals surface area contributed by atoms with E-state index in [1.165, 1.54) is 0 Å². The first kappa shape index (κ1) is 10.2. The summed E-state index contributed by atoms with van der Waals surface area (Å²) in [5.41, 5.74) is 1.14. The second-order valence-corrected chi connectivity index (χ2v) is 3.07. The average molecular weight is 179 g/mol. The molecule has 0 saturated heterocycles. The molecule has 3 nitrogen and oxygen atoms in total. The molecule has 0 radical (unpaired) electrons. The molecule has 1 aromatic rings. The monoisotopic (exact) mass is 179 g/mol. The van der Waals surface area contributed by atoms with Crippen molar-refractivity contribution in [3.05, 3.63) is 30.1 Å². The van der Waals surface area contributed by atoms with Gasteiger partial charge in [-0.1, -0.05) is 6.07 Å². The standard InChI is InChI=1S/C10H17N3/c1-11-7-9(8-12-2)10-5-3-4-6-13-10/h3-6,9,11-12H,7-8H2,1-2H3. The van der Waals surface area contributed by atoms with Crippen molar-refractivity contribution in [2.45, 2.75) is 5.92 Å². The van der Waals surface area contributed by atoms with Gasteiger partial charge in [-0.05, 0) is 26.2 Å². The van der Waals surface area contributed by atoms with Crippen molar-refractivity contribution in [3.8, 4) is 0 Å². The second-order valence-electron chi connectivity index (χ2n) is 3.07. The fourth-order valence-electron chi connectivity index (χ4n) is 1.39. The van der Waals surface area contributed by atoms with Crippen LogP contribution in [0.3, 0.4) is 0 Å². The Morgan fingerprint density at radius 3 is 2.38 bits per heavy atom. The van der Waals surface area contributed by atoms with Crippen LogP contribution in [-0.2, 0) is 0 Å². The van der Waals surface area contributed by atoms with Crippen LogP contribution >= 0.6 is 0 Å². The van der Waals surface area contributed by atoms with Crippen LogP contribution in [0.5, 0.6) is 0 Å². The van der Waals surface area contributed by atoms with Gasteiger partial charge in [-0.3, -0.25) is 4.98 Å². The summed E-state index contributed by atoms with van der Waals surface area (Å²) in [4.78, 5) is 4.34. The molecule has 0 atom stereocenters. The maximum absolute atomic E-state index is 4.34. The summed E-state index contributed by atoms with van der Waals surface area (Å²) in [7, 11) is 3.93. The van der Waals surface area contributed by atoms with E-state index in [1.54, 1.807) is 0 Å². The Morgan fingerprint density at radius 2 is 1.92 bits per heavy atom. The third-order valence-corrected chi connectivity index (χ3v) is 2.01. The Labute approximate surface area is 79.6 Å². The van der Waals surface area contributed by atoms with Crippen molar-refractivity contribution >= 4 is 0 Å². The van der Waals surface area contributed by atoms with Crippen molar-refractivity contribution in [1.82, 2.24) is 15.6 Å². The fourth-order valence-corrected chi connectivity index (χ4v) is 1.39. The molecule has 3 heteroatoms. The Hall–Kier alpha value is -0.930. The Balaban J connectivity index is 2.64. The number of pyridine rings is 1. The van der Waals surface area contributed by atoms with E-state index < -0.39 is 0 Å². The number of aromatic nitrogens is 1. The number of nitrogens with zero attached hydrogens (tertiary/aromatic N) is 1. The maximum atomic E-state index is 4.34. The highest BCUT2D eigenvalue weighted by molar-refractivity contribution is 5.10. The summed E-state index contributed by atoms with van der Waals surface area (Å²) >= 11 is 0. The molecule has 0 spiro atoms. The van der Waals surface area contributed by atoms with Crippen molar-refractivity contribution in [2.24, 2.45) is 0 Å². The highest BCUT2D eigenvalue weighted by atomic mass is 14.9. The molecular formula is C10H17N3. The zero-order chi connectivity index (χ0) is 9.52. The molecule has 0 aromatic carbocycles. The largest absolute Gasteiger partial charge is 0.319 e. The van der Waals surface area contributed by atoms with Crippen molar-refractivity contribution in [2.75, 3.05) is 27.2 Å². The van der Waals surface area contributed by atoms with Crippen molar-refractivity contribution in [3.63, 3.8) is 0 Å². The predicted octanol–water partition coefficient (Wildman–Crippen LogP) is 0.604. The van der Waals surface area contributed by atoms with Crippen LogP contribution in [-0.4, -0.2) is 32.2 Å². The van der Waals surface area contributed by atoms with Crippen molar-refractivity contribution < 1.29 is 0 Å². The number of hydrogen-bond acceptors (Lipinski definition) is 3. The molecule has 72 valence electrons. The lowest BCUT2D eigenvalue weighted by atomic mass is 10.1. The summed E-state index contributed by atoms with van der Waals surface area (Å²) in [5.74, 6) is 0.455. The van der Waals surface area contributed by atoms with E-state index in [0.717, 1.165) is 18.8 Å². The number of nitrogens with one attached hydrogen (secondary N) is 2. The second kappa shape index (κ2) is 5.67. The van der Waals surface area contributed by atoms with Gasteiger partial charge in [0, 0.05) is 30.9 Å². The van der Waals surface area contributed by atoms with Gasteiger partial charge in [0.25, 0.3) is 0 Å². The Bertz CT molecular complexity index is 217. The molecule has 2 N–H and O–H groups in total. The third-order valence-electron chi connectivity index (χ3n) is 2.01. The van der Waals surface area contributed by atoms with Gasteiger partial charge in [0.1, 0.15) is 0 Å². The first-order chi connectivity index (χ1) is 6.38. The normalized spacial score (nSPS) is 10.7. The Morgan fingerprint density at radius 1 is 1.23 bits per heavy atom. The van der Waals surface area contributed by atoms with Gasteiger partial charge in [0.2, 0.25) is 0 Å². The quantitative estimate of drug-likeness (QED) is 0.695. The van der Waals surface area contributed by atoms with Gasteiger partial charge in [-0.25, -0.2) is 0 Å². The van der Waals surface area contributed by atoms with Gasteiger partial charge in [0.05, 0.1) is 0 Å². The van der Waals surface area contributed by atoms with Crippen LogP contribution in [0.15, 0.2) is 24.4 Å². The Kier molecular flexibility index (Phi) is 4.43. The summed E-state index contributed by atoms with van der Waals surface area (Å²) in [6, 6.07) is 6.04. The predicted molar refractivity (Wildman–Crippen MR) is 54.8 cm³/mol. The van der Waals surface area contributed by atoms with Gasteiger partial charge in [-0.2, -0.15) is 0 Å². The third kappa shape index (κ3) is 3.13. The van der Waals surface area contributed by atoms with Crippen LogP contribution in [0.4, 0.5) is 0 Å². The fraction of sp³-hybridized carbons (Fsp3) is 0.500. The van der Waals surface area contributed by atoms with E-state index in [1.807, 2.05) is 32.4 Å². The van der Waals surface area contributed by atoms with Crippen LogP contribution in [0.1, 0.15) is 11.6 Å². The van der Waals surface area contributed by atoms with Crippen LogP contribution in [0.25, 0.3) is 0 Å². The molecule has 0 aliphatic heterocycles. The summed E-state index contributed by atoms with van der Waals surface area (Å²) in [6.45, 7) is 1.91. The lowest BCUT2D eigenvalue weighted by molar-refractivity contribution is 0.578. The van der Waals surface area contributed by atoms with Crippen LogP contribution in [0.2, 0.25) is 0 Å². The van der Waals surface area contributed by atoms with Gasteiger partial charge >= 0.3 is 0 Å². The van der Waals surface area contributed by atoms with E-state index in [4.69, 9.17) is 0 Å². The molecule has 0 amide bonds. The number of rotatable bonds is 5. The molecule has 0 bridgehead atoms. The molecule has 1 rings (SSSR count). The molecule has 0 fully saturated rings. The smallest absolute Gasteiger partial charge is 0.0459 e. The molecule has 1 aromatic heterocycles. The minimum Gasteiger partial charge on any atom is -0.319 e. The molecular weight excluding hydrogens is 162 g/mol. The first-order valence-corrected chi connectivity index (χ1v) is 4.58. The number of likely N-dealkylation sites (N-methyl/N-ethyl adjacent to an activating group) is 2. The summed E-state index contributed by atoms with van der Waals surface area (Å²) in [6.07, 6.45) is 1.84. The topological polar surface area (TPSA) is 37.0 Å². The summed E-state index contributed by atoms with van der Waals surface area (Å²) in [5, 5.41) is 6.34. The molecule has 0 saturated carbocycles. The van der Waals surface area contributed by atoms with E-state index in [-0.39, 0.29) is 0 Å². The van der Waals surface area contributed by atoms with Crippen molar-refractivity contribution in [1.29, 1.82) is 0 Å². The van der Waals surface area contributed by atoms with Crippen LogP contribution in [0, 0.1) is 0 Å². The lowest BCUT2D eigenvalue weighted by Crippen LogP contribution is -2.26. The zero-order valence-electron chi connectivity index (χ0n) is 8.25. The van der Waals surface area contributed by atoms with E-state index in [2.05, 4.69) is 21.7 Å². The van der Waals surface area contributed by atoms with E-state index in [9.17, 15) is 0 Å². The van der Waals surface area contributed by atoms with E-state index in [0.29, 0.717) is 5.92 Å². The molecule has 0 aliphatic carbocycles. The minimum absolute atomic E-state index is 0.455. The average Bonchev–Trinajstić information content (AvgIpc) is 2.19. The first-order valence-electron chi connectivity index (χ1n) is 4.58. The molecule has 0 unspecified atom stereocenters. The lowest BCUT2D eigenvalue weighted by Gasteiger charge is -2.14. The highest BCUT2D eigenvalue weighted by Crippen LogP contribution is 2.09.